The molecule has 32 heavy (non-hydrogen) atoms. The highest BCUT2D eigenvalue weighted by Gasteiger charge is 2.32. The number of rotatable bonds is 5. The summed E-state index contributed by atoms with van der Waals surface area (Å²) in [4.78, 5) is 29.4. The molecular weight excluding hydrogens is 409 g/mol. The molecule has 2 heterocycles. The lowest BCUT2D eigenvalue weighted by Gasteiger charge is -2.38. The molecule has 0 spiro atoms. The minimum absolute atomic E-state index is 0.0479. The highest BCUT2D eigenvalue weighted by Crippen LogP contribution is 2.28. The summed E-state index contributed by atoms with van der Waals surface area (Å²) in [7, 11) is 0. The molecule has 1 aliphatic heterocycles. The van der Waals surface area contributed by atoms with Gasteiger partial charge in [0.1, 0.15) is 5.82 Å². The molecule has 2 atom stereocenters. The Morgan fingerprint density at radius 3 is 2.53 bits per heavy atom. The van der Waals surface area contributed by atoms with Crippen molar-refractivity contribution in [1.29, 1.82) is 0 Å². The van der Waals surface area contributed by atoms with Gasteiger partial charge in [-0.3, -0.25) is 9.59 Å². The van der Waals surface area contributed by atoms with Crippen molar-refractivity contribution in [3.05, 3.63) is 71.8 Å². The second-order valence-corrected chi connectivity index (χ2v) is 8.35. The zero-order valence-corrected chi connectivity index (χ0v) is 18.2. The summed E-state index contributed by atoms with van der Waals surface area (Å²) in [6.45, 7) is 4.48. The van der Waals surface area contributed by atoms with Gasteiger partial charge in [-0.1, -0.05) is 11.6 Å². The standard InChI is InChI=1S/C24H26FN5O2/c1-16-3-10-22(30-26-11-12-27-30)21(13-16)24(32)29-15-18(5-4-17(29)2)14-23(31)28-20-8-6-19(25)7-9-20/h3,6-13,17-18H,4-5,14-15H2,1-2H3,(H,28,31)/t17-,18+/m0/s1. The Kier molecular flexibility index (Phi) is 6.30. The highest BCUT2D eigenvalue weighted by atomic mass is 19.1. The molecule has 0 bridgehead atoms. The Morgan fingerprint density at radius 1 is 1.09 bits per heavy atom. The van der Waals surface area contributed by atoms with Crippen LogP contribution in [0.2, 0.25) is 0 Å². The molecule has 7 nitrogen and oxygen atoms in total. The van der Waals surface area contributed by atoms with Crippen molar-refractivity contribution in [2.45, 2.75) is 39.2 Å². The smallest absolute Gasteiger partial charge is 0.256 e. The Balaban J connectivity index is 1.48. The van der Waals surface area contributed by atoms with Crippen molar-refractivity contribution in [1.82, 2.24) is 19.9 Å². The average molecular weight is 436 g/mol. The van der Waals surface area contributed by atoms with Gasteiger partial charge in [-0.2, -0.15) is 15.0 Å². The highest BCUT2D eigenvalue weighted by molar-refractivity contribution is 5.98. The molecule has 3 aromatic rings. The number of aryl methyl sites for hydroxylation is 1. The number of hydrogen-bond donors (Lipinski definition) is 1. The number of nitrogens with zero attached hydrogens (tertiary/aromatic N) is 4. The van der Waals surface area contributed by atoms with Gasteiger partial charge in [0, 0.05) is 24.7 Å². The summed E-state index contributed by atoms with van der Waals surface area (Å²) in [5.74, 6) is -0.524. The first-order valence-electron chi connectivity index (χ1n) is 10.7. The van der Waals surface area contributed by atoms with Gasteiger partial charge in [-0.25, -0.2) is 4.39 Å². The number of benzene rings is 2. The second kappa shape index (κ2) is 9.30. The van der Waals surface area contributed by atoms with E-state index >= 15 is 0 Å². The van der Waals surface area contributed by atoms with Gasteiger partial charge in [0.25, 0.3) is 5.91 Å². The number of carbonyl (C=O) groups excluding carboxylic acids is 2. The van der Waals surface area contributed by atoms with Crippen LogP contribution in [0.15, 0.2) is 54.9 Å². The largest absolute Gasteiger partial charge is 0.336 e. The molecular formula is C24H26FN5O2. The van der Waals surface area contributed by atoms with Crippen LogP contribution in [-0.2, 0) is 4.79 Å². The quantitative estimate of drug-likeness (QED) is 0.657. The van der Waals surface area contributed by atoms with E-state index in [4.69, 9.17) is 0 Å². The summed E-state index contributed by atoms with van der Waals surface area (Å²) in [5, 5.41) is 11.2. The number of halogens is 1. The fraction of sp³-hybridized carbons (Fsp3) is 0.333. The van der Waals surface area contributed by atoms with Crippen LogP contribution in [0.3, 0.4) is 0 Å². The summed E-state index contributed by atoms with van der Waals surface area (Å²) >= 11 is 0. The number of nitrogens with one attached hydrogen (secondary N) is 1. The van der Waals surface area contributed by atoms with Crippen LogP contribution in [0, 0.1) is 18.7 Å². The van der Waals surface area contributed by atoms with Crippen molar-refractivity contribution in [3.63, 3.8) is 0 Å². The van der Waals surface area contributed by atoms with Crippen LogP contribution in [-0.4, -0.2) is 44.3 Å². The van der Waals surface area contributed by atoms with Gasteiger partial charge in [0.05, 0.1) is 23.6 Å². The zero-order chi connectivity index (χ0) is 22.7. The third-order valence-electron chi connectivity index (χ3n) is 5.86. The molecule has 0 saturated carbocycles. The molecule has 2 aromatic carbocycles. The number of piperidine rings is 1. The first-order valence-corrected chi connectivity index (χ1v) is 10.7. The van der Waals surface area contributed by atoms with Crippen LogP contribution < -0.4 is 5.32 Å². The fourth-order valence-corrected chi connectivity index (χ4v) is 4.13. The minimum atomic E-state index is -0.348. The van der Waals surface area contributed by atoms with E-state index in [-0.39, 0.29) is 29.6 Å². The Morgan fingerprint density at radius 2 is 1.81 bits per heavy atom. The van der Waals surface area contributed by atoms with E-state index in [1.807, 2.05) is 36.9 Å². The summed E-state index contributed by atoms with van der Waals surface area (Å²) < 4.78 is 13.1. The second-order valence-electron chi connectivity index (χ2n) is 8.35. The SMILES string of the molecule is Cc1ccc(-n2nccn2)c(C(=O)N2C[C@@H](CC(=O)Nc3ccc(F)cc3)CC[C@@H]2C)c1. The number of carbonyl (C=O) groups is 2. The topological polar surface area (TPSA) is 80.1 Å². The molecule has 1 aromatic heterocycles. The predicted octanol–water partition coefficient (Wildman–Crippen LogP) is 3.98. The maximum Gasteiger partial charge on any atom is 0.256 e. The van der Waals surface area contributed by atoms with Crippen molar-refractivity contribution in [3.8, 4) is 5.69 Å². The van der Waals surface area contributed by atoms with E-state index in [2.05, 4.69) is 15.5 Å². The van der Waals surface area contributed by atoms with Crippen molar-refractivity contribution in [2.75, 3.05) is 11.9 Å². The molecule has 8 heteroatoms. The number of amides is 2. The molecule has 0 aliphatic carbocycles. The van der Waals surface area contributed by atoms with E-state index < -0.39 is 0 Å². The lowest BCUT2D eigenvalue weighted by atomic mass is 9.90. The summed E-state index contributed by atoms with van der Waals surface area (Å²) in [5.41, 5.74) is 2.72. The van der Waals surface area contributed by atoms with Gasteiger partial charge >= 0.3 is 0 Å². The third kappa shape index (κ3) is 4.85. The Bertz CT molecular complexity index is 1100. The van der Waals surface area contributed by atoms with E-state index in [9.17, 15) is 14.0 Å². The van der Waals surface area contributed by atoms with Gasteiger partial charge in [0.2, 0.25) is 5.91 Å². The normalized spacial score (nSPS) is 18.4. The number of likely N-dealkylation sites (tertiary alicyclic amines) is 1. The van der Waals surface area contributed by atoms with Crippen molar-refractivity contribution in [2.24, 2.45) is 5.92 Å². The molecule has 0 radical (unpaired) electrons. The van der Waals surface area contributed by atoms with Crippen LogP contribution in [0.1, 0.15) is 42.1 Å². The van der Waals surface area contributed by atoms with Crippen LogP contribution in [0.4, 0.5) is 10.1 Å². The van der Waals surface area contributed by atoms with E-state index in [1.54, 1.807) is 12.4 Å². The first-order chi connectivity index (χ1) is 15.4. The fourth-order valence-electron chi connectivity index (χ4n) is 4.13. The average Bonchev–Trinajstić information content (AvgIpc) is 3.31. The van der Waals surface area contributed by atoms with E-state index in [0.29, 0.717) is 29.9 Å². The number of anilines is 1. The first kappa shape index (κ1) is 21.7. The van der Waals surface area contributed by atoms with Gasteiger partial charge in [-0.15, -0.1) is 0 Å². The van der Waals surface area contributed by atoms with E-state index in [1.165, 1.54) is 29.1 Å². The molecule has 1 saturated heterocycles. The van der Waals surface area contributed by atoms with Crippen molar-refractivity contribution >= 4 is 17.5 Å². The maximum atomic E-state index is 13.6. The molecule has 166 valence electrons. The zero-order valence-electron chi connectivity index (χ0n) is 18.2. The van der Waals surface area contributed by atoms with Crippen LogP contribution in [0.5, 0.6) is 0 Å². The molecule has 1 aliphatic rings. The third-order valence-corrected chi connectivity index (χ3v) is 5.86. The maximum absolute atomic E-state index is 13.6. The molecule has 1 fully saturated rings. The number of hydrogen-bond acceptors (Lipinski definition) is 4. The molecule has 0 unspecified atom stereocenters. The summed E-state index contributed by atoms with van der Waals surface area (Å²) in [6, 6.07) is 11.4. The Hall–Kier alpha value is -3.55. The van der Waals surface area contributed by atoms with Gasteiger partial charge in [0.15, 0.2) is 0 Å². The lowest BCUT2D eigenvalue weighted by molar-refractivity contribution is -0.117. The van der Waals surface area contributed by atoms with Crippen LogP contribution >= 0.6 is 0 Å². The predicted molar refractivity (Wildman–Crippen MR) is 119 cm³/mol. The Labute approximate surface area is 186 Å². The molecule has 4 rings (SSSR count). The monoisotopic (exact) mass is 435 g/mol. The molecule has 1 N–H and O–H groups in total. The minimum Gasteiger partial charge on any atom is -0.336 e. The lowest BCUT2D eigenvalue weighted by Crippen LogP contribution is -2.46. The van der Waals surface area contributed by atoms with Crippen molar-refractivity contribution < 1.29 is 14.0 Å². The van der Waals surface area contributed by atoms with Gasteiger partial charge in [-0.05, 0) is 69.0 Å². The van der Waals surface area contributed by atoms with E-state index in [0.717, 1.165) is 18.4 Å². The summed E-state index contributed by atoms with van der Waals surface area (Å²) in [6.07, 6.45) is 5.14. The number of aromatic nitrogens is 3. The van der Waals surface area contributed by atoms with Gasteiger partial charge < -0.3 is 10.2 Å². The van der Waals surface area contributed by atoms with Crippen LogP contribution in [0.25, 0.3) is 5.69 Å². The molecule has 2 amide bonds.